The zero-order chi connectivity index (χ0) is 21.4. The lowest BCUT2D eigenvalue weighted by molar-refractivity contribution is 0.390. The third-order valence-electron chi connectivity index (χ3n) is 5.65. The Labute approximate surface area is 180 Å². The van der Waals surface area contributed by atoms with Crippen LogP contribution in [-0.4, -0.2) is 40.7 Å². The van der Waals surface area contributed by atoms with Gasteiger partial charge in [-0.15, -0.1) is 0 Å². The highest BCUT2D eigenvalue weighted by atomic mass is 19.1. The highest BCUT2D eigenvalue weighted by Gasteiger charge is 2.31. The average Bonchev–Trinajstić information content (AvgIpc) is 3.41. The maximum absolute atomic E-state index is 13.3. The van der Waals surface area contributed by atoms with Gasteiger partial charge in [0.05, 0.1) is 30.5 Å². The highest BCUT2D eigenvalue weighted by molar-refractivity contribution is 6.04. The van der Waals surface area contributed by atoms with Crippen LogP contribution in [0, 0.1) is 12.7 Å². The summed E-state index contributed by atoms with van der Waals surface area (Å²) in [5.74, 6) is 1.55. The molecule has 7 heteroatoms. The van der Waals surface area contributed by atoms with Crippen molar-refractivity contribution in [3.63, 3.8) is 0 Å². The van der Waals surface area contributed by atoms with Crippen molar-refractivity contribution in [3.8, 4) is 11.4 Å². The highest BCUT2D eigenvalue weighted by Crippen LogP contribution is 2.31. The van der Waals surface area contributed by atoms with E-state index in [0.29, 0.717) is 6.67 Å². The zero-order valence-electron chi connectivity index (χ0n) is 17.6. The zero-order valence-corrected chi connectivity index (χ0v) is 17.6. The molecule has 0 atom stereocenters. The number of methoxy groups -OCH3 is 1. The van der Waals surface area contributed by atoms with Gasteiger partial charge in [0.15, 0.2) is 0 Å². The van der Waals surface area contributed by atoms with Gasteiger partial charge in [-0.1, -0.05) is 6.07 Å². The summed E-state index contributed by atoms with van der Waals surface area (Å²) in [5.41, 5.74) is 5.13. The number of amidine groups is 1. The SMILES string of the molecule is COc1cc(/C=C2\CCCN3C2=NCN3c2ccc(F)cc2)ccc1-n1cnc(C)c1. The van der Waals surface area contributed by atoms with Gasteiger partial charge in [-0.25, -0.2) is 14.4 Å². The first-order valence-corrected chi connectivity index (χ1v) is 10.4. The molecule has 0 bridgehead atoms. The second-order valence-corrected chi connectivity index (χ2v) is 7.75. The van der Waals surface area contributed by atoms with E-state index in [1.807, 2.05) is 29.8 Å². The third-order valence-corrected chi connectivity index (χ3v) is 5.65. The summed E-state index contributed by atoms with van der Waals surface area (Å²) in [5, 5.41) is 4.30. The fraction of sp³-hybridized carbons (Fsp3) is 0.250. The van der Waals surface area contributed by atoms with Crippen molar-refractivity contribution in [1.82, 2.24) is 14.6 Å². The van der Waals surface area contributed by atoms with Gasteiger partial charge in [-0.3, -0.25) is 10.0 Å². The predicted molar refractivity (Wildman–Crippen MR) is 120 cm³/mol. The number of anilines is 1. The maximum Gasteiger partial charge on any atom is 0.147 e. The van der Waals surface area contributed by atoms with Crippen LogP contribution < -0.4 is 9.75 Å². The number of fused-ring (bicyclic) bond motifs is 1. The van der Waals surface area contributed by atoms with E-state index in [1.165, 1.54) is 17.7 Å². The van der Waals surface area contributed by atoms with Gasteiger partial charge < -0.3 is 9.30 Å². The molecule has 5 rings (SSSR count). The third kappa shape index (κ3) is 3.67. The molecule has 2 aliphatic rings. The number of nitrogens with zero attached hydrogens (tertiary/aromatic N) is 5. The van der Waals surface area contributed by atoms with E-state index in [9.17, 15) is 4.39 Å². The van der Waals surface area contributed by atoms with Crippen molar-refractivity contribution in [2.75, 3.05) is 25.3 Å². The minimum atomic E-state index is -0.230. The Hall–Kier alpha value is -3.61. The topological polar surface area (TPSA) is 45.9 Å². The van der Waals surface area contributed by atoms with Crippen LogP contribution in [0.1, 0.15) is 24.1 Å². The molecule has 0 unspecified atom stereocenters. The second kappa shape index (κ2) is 7.91. The van der Waals surface area contributed by atoms with E-state index < -0.39 is 0 Å². The number of benzene rings is 2. The van der Waals surface area contributed by atoms with Crippen LogP contribution in [0.4, 0.5) is 10.1 Å². The number of aromatic nitrogens is 2. The Bertz CT molecular complexity index is 1160. The monoisotopic (exact) mass is 417 g/mol. The molecule has 1 aromatic heterocycles. The first-order valence-electron chi connectivity index (χ1n) is 10.4. The number of hydrogen-bond donors (Lipinski definition) is 0. The lowest BCUT2D eigenvalue weighted by Crippen LogP contribution is -2.45. The normalized spacial score (nSPS) is 17.1. The van der Waals surface area contributed by atoms with Crippen molar-refractivity contribution < 1.29 is 9.13 Å². The molecule has 158 valence electrons. The fourth-order valence-electron chi connectivity index (χ4n) is 4.15. The first kappa shape index (κ1) is 19.4. The molecule has 31 heavy (non-hydrogen) atoms. The summed E-state index contributed by atoms with van der Waals surface area (Å²) in [6.07, 6.45) is 7.96. The van der Waals surface area contributed by atoms with Crippen LogP contribution in [0.2, 0.25) is 0 Å². The molecule has 0 N–H and O–H groups in total. The number of ether oxygens (including phenoxy) is 1. The number of aryl methyl sites for hydroxylation is 1. The predicted octanol–water partition coefficient (Wildman–Crippen LogP) is 4.60. The van der Waals surface area contributed by atoms with Crippen LogP contribution >= 0.6 is 0 Å². The number of rotatable bonds is 4. The van der Waals surface area contributed by atoms with E-state index in [-0.39, 0.29) is 5.82 Å². The molecule has 0 amide bonds. The molecule has 1 saturated heterocycles. The van der Waals surface area contributed by atoms with Gasteiger partial charge in [0.2, 0.25) is 0 Å². The van der Waals surface area contributed by atoms with Gasteiger partial charge in [-0.05, 0) is 73.4 Å². The lowest BCUT2D eigenvalue weighted by Gasteiger charge is -2.35. The van der Waals surface area contributed by atoms with Crippen LogP contribution in [0.3, 0.4) is 0 Å². The number of imidazole rings is 1. The smallest absolute Gasteiger partial charge is 0.147 e. The van der Waals surface area contributed by atoms with Crippen LogP contribution in [0.5, 0.6) is 5.75 Å². The molecule has 3 aromatic rings. The fourth-order valence-corrected chi connectivity index (χ4v) is 4.15. The van der Waals surface area contributed by atoms with Gasteiger partial charge in [0.1, 0.15) is 24.1 Å². The average molecular weight is 417 g/mol. The van der Waals surface area contributed by atoms with E-state index >= 15 is 0 Å². The van der Waals surface area contributed by atoms with E-state index in [2.05, 4.69) is 27.1 Å². The van der Waals surface area contributed by atoms with E-state index in [0.717, 1.165) is 53.6 Å². The summed E-state index contributed by atoms with van der Waals surface area (Å²) >= 11 is 0. The minimum absolute atomic E-state index is 0.230. The standard InChI is InChI=1S/C24H24FN5O/c1-17-14-28(15-26-17)22-10-5-18(13-23(22)31-2)12-19-4-3-11-29-24(19)27-16-30(29)21-8-6-20(25)7-9-21/h5-10,12-15H,3-4,11,16H2,1-2H3/b19-12+. The van der Waals surface area contributed by atoms with Crippen molar-refractivity contribution in [1.29, 1.82) is 0 Å². The lowest BCUT2D eigenvalue weighted by atomic mass is 10.0. The van der Waals surface area contributed by atoms with Gasteiger partial charge in [0.25, 0.3) is 0 Å². The quantitative estimate of drug-likeness (QED) is 0.623. The molecule has 6 nitrogen and oxygen atoms in total. The van der Waals surface area contributed by atoms with Crippen molar-refractivity contribution in [2.24, 2.45) is 4.99 Å². The molecule has 0 spiro atoms. The van der Waals surface area contributed by atoms with Crippen LogP contribution in [-0.2, 0) is 0 Å². The second-order valence-electron chi connectivity index (χ2n) is 7.75. The molecule has 1 fully saturated rings. The van der Waals surface area contributed by atoms with Gasteiger partial charge >= 0.3 is 0 Å². The van der Waals surface area contributed by atoms with E-state index in [4.69, 9.17) is 9.73 Å². The number of aliphatic imine (C=N–C) groups is 1. The molecule has 2 aliphatic heterocycles. The summed E-state index contributed by atoms with van der Waals surface area (Å²) in [6.45, 7) is 3.41. The summed E-state index contributed by atoms with van der Waals surface area (Å²) in [7, 11) is 1.68. The number of hydrazine groups is 1. The van der Waals surface area contributed by atoms with Crippen LogP contribution in [0.15, 0.2) is 65.6 Å². The van der Waals surface area contributed by atoms with Crippen LogP contribution in [0.25, 0.3) is 11.8 Å². The molecule has 0 saturated carbocycles. The molecular formula is C24H24FN5O. The largest absolute Gasteiger partial charge is 0.495 e. The number of halogens is 1. The Kier molecular flexibility index (Phi) is 4.94. The van der Waals surface area contributed by atoms with Crippen molar-refractivity contribution in [2.45, 2.75) is 19.8 Å². The minimum Gasteiger partial charge on any atom is -0.495 e. The first-order chi connectivity index (χ1) is 15.1. The summed E-state index contributed by atoms with van der Waals surface area (Å²) in [6, 6.07) is 12.8. The molecule has 3 heterocycles. The maximum atomic E-state index is 13.3. The summed E-state index contributed by atoms with van der Waals surface area (Å²) < 4.78 is 20.9. The number of hydrogen-bond acceptors (Lipinski definition) is 5. The van der Waals surface area contributed by atoms with E-state index in [1.54, 1.807) is 25.6 Å². The Balaban J connectivity index is 1.42. The van der Waals surface area contributed by atoms with Gasteiger partial charge in [0, 0.05) is 12.7 Å². The molecular weight excluding hydrogens is 393 g/mol. The Morgan fingerprint density at radius 2 is 1.94 bits per heavy atom. The molecule has 2 aromatic carbocycles. The summed E-state index contributed by atoms with van der Waals surface area (Å²) in [4.78, 5) is 9.10. The van der Waals surface area contributed by atoms with Crippen molar-refractivity contribution in [3.05, 3.63) is 77.6 Å². The molecule has 0 aliphatic carbocycles. The molecule has 0 radical (unpaired) electrons. The Morgan fingerprint density at radius 1 is 1.10 bits per heavy atom. The van der Waals surface area contributed by atoms with Gasteiger partial charge in [-0.2, -0.15) is 0 Å². The Morgan fingerprint density at radius 3 is 2.68 bits per heavy atom. The number of piperidine rings is 1. The van der Waals surface area contributed by atoms with Crippen molar-refractivity contribution >= 4 is 17.6 Å².